The van der Waals surface area contributed by atoms with Gasteiger partial charge in [-0.25, -0.2) is 4.99 Å². The Kier molecular flexibility index (Phi) is 15.0. The van der Waals surface area contributed by atoms with E-state index >= 15 is 0 Å². The minimum Gasteiger partial charge on any atom is -0.487 e. The quantitative estimate of drug-likeness (QED) is 0.184. The lowest BCUT2D eigenvalue weighted by molar-refractivity contribution is -0.119. The van der Waals surface area contributed by atoms with Gasteiger partial charge in [-0.1, -0.05) is 30.7 Å². The average molecular weight is 513 g/mol. The summed E-state index contributed by atoms with van der Waals surface area (Å²) in [5.41, 5.74) is 0. The molecule has 0 aliphatic heterocycles. The Balaban J connectivity index is 0.00000676. The summed E-state index contributed by atoms with van der Waals surface area (Å²) in [6, 6.07) is 7.39. The predicted molar refractivity (Wildman–Crippen MR) is 120 cm³/mol. The molecule has 1 unspecified atom stereocenters. The maximum atomic E-state index is 11.7. The molecule has 154 valence electrons. The third-order valence-electron chi connectivity index (χ3n) is 3.44. The van der Waals surface area contributed by atoms with E-state index in [1.807, 2.05) is 32.0 Å². The molecule has 0 fully saturated rings. The van der Waals surface area contributed by atoms with E-state index in [1.54, 1.807) is 13.2 Å². The number of carbonyl (C=O) groups excluding carboxylic acids is 1. The first-order valence-electron chi connectivity index (χ1n) is 8.79. The minimum atomic E-state index is -0.154. The zero-order valence-corrected chi connectivity index (χ0v) is 19.2. The van der Waals surface area contributed by atoms with Gasteiger partial charge in [0.1, 0.15) is 18.4 Å². The number of nitrogens with one attached hydrogen (secondary N) is 3. The van der Waals surface area contributed by atoms with Crippen molar-refractivity contribution in [2.24, 2.45) is 4.99 Å². The Hall–Kier alpha value is -1.26. The van der Waals surface area contributed by atoms with Crippen molar-refractivity contribution >= 4 is 47.4 Å². The summed E-state index contributed by atoms with van der Waals surface area (Å²) in [6.45, 7) is 6.23. The number of halogens is 2. The molecular formula is C18H30ClIN4O3. The lowest BCUT2D eigenvalue weighted by Gasteiger charge is -2.20. The van der Waals surface area contributed by atoms with Crippen LogP contribution in [-0.2, 0) is 9.53 Å². The second-order valence-corrected chi connectivity index (χ2v) is 5.90. The third kappa shape index (κ3) is 11.2. The van der Waals surface area contributed by atoms with Crippen LogP contribution < -0.4 is 20.7 Å². The van der Waals surface area contributed by atoms with E-state index in [4.69, 9.17) is 21.1 Å². The molecule has 1 amide bonds. The van der Waals surface area contributed by atoms with Gasteiger partial charge >= 0.3 is 0 Å². The molecule has 9 heteroatoms. The Morgan fingerprint density at radius 2 is 1.96 bits per heavy atom. The molecule has 0 saturated carbocycles. The van der Waals surface area contributed by atoms with Crippen LogP contribution in [0.3, 0.4) is 0 Å². The summed E-state index contributed by atoms with van der Waals surface area (Å²) < 4.78 is 10.8. The number of benzene rings is 1. The number of methoxy groups -OCH3 is 1. The van der Waals surface area contributed by atoms with Crippen LogP contribution in [0, 0.1) is 0 Å². The highest BCUT2D eigenvalue weighted by Gasteiger charge is 2.11. The van der Waals surface area contributed by atoms with Crippen LogP contribution >= 0.6 is 35.6 Å². The Morgan fingerprint density at radius 3 is 2.59 bits per heavy atom. The van der Waals surface area contributed by atoms with E-state index in [0.717, 1.165) is 6.42 Å². The highest BCUT2D eigenvalue weighted by atomic mass is 127. The number of aliphatic imine (C=N–C) groups is 1. The zero-order chi connectivity index (χ0) is 19.2. The monoisotopic (exact) mass is 512 g/mol. The molecule has 0 aliphatic rings. The molecule has 0 saturated heterocycles. The van der Waals surface area contributed by atoms with Gasteiger partial charge in [-0.3, -0.25) is 4.79 Å². The van der Waals surface area contributed by atoms with E-state index in [-0.39, 0.29) is 42.5 Å². The maximum Gasteiger partial charge on any atom is 0.241 e. The molecule has 0 radical (unpaired) electrons. The van der Waals surface area contributed by atoms with Gasteiger partial charge in [-0.05, 0) is 25.5 Å². The van der Waals surface area contributed by atoms with Gasteiger partial charge in [0.2, 0.25) is 5.91 Å². The number of rotatable bonds is 11. The number of nitrogens with zero attached hydrogens (tertiary/aromatic N) is 1. The van der Waals surface area contributed by atoms with Gasteiger partial charge in [0, 0.05) is 20.2 Å². The lowest BCUT2D eigenvalue weighted by Crippen LogP contribution is -2.43. The molecule has 0 bridgehead atoms. The number of hydrogen-bond acceptors (Lipinski definition) is 4. The van der Waals surface area contributed by atoms with E-state index in [0.29, 0.717) is 43.0 Å². The fourth-order valence-electron chi connectivity index (χ4n) is 2.04. The van der Waals surface area contributed by atoms with Crippen LogP contribution in [0.4, 0.5) is 0 Å². The lowest BCUT2D eigenvalue weighted by atomic mass is 10.2. The fraction of sp³-hybridized carbons (Fsp3) is 0.556. The highest BCUT2D eigenvalue weighted by Crippen LogP contribution is 2.24. The molecule has 0 aromatic heterocycles. The van der Waals surface area contributed by atoms with Crippen molar-refractivity contribution in [3.05, 3.63) is 29.3 Å². The van der Waals surface area contributed by atoms with E-state index < -0.39 is 0 Å². The summed E-state index contributed by atoms with van der Waals surface area (Å²) in [4.78, 5) is 16.0. The first-order valence-corrected chi connectivity index (χ1v) is 9.17. The standard InChI is InChI=1S/C18H29ClN4O3.HI/c1-4-14(26-16-9-7-6-8-15(16)19)12-22-18(20-5-2)23-13-17(24)21-10-11-25-3;/h6-9,14H,4-5,10-13H2,1-3H3,(H,21,24)(H2,20,22,23);1H. The molecule has 1 aromatic carbocycles. The van der Waals surface area contributed by atoms with Gasteiger partial charge < -0.3 is 25.4 Å². The van der Waals surface area contributed by atoms with Crippen LogP contribution in [0.1, 0.15) is 20.3 Å². The Labute approximate surface area is 183 Å². The second-order valence-electron chi connectivity index (χ2n) is 5.50. The number of hydrogen-bond donors (Lipinski definition) is 3. The first kappa shape index (κ1) is 25.7. The number of ether oxygens (including phenoxy) is 2. The number of para-hydroxylation sites is 1. The Bertz CT molecular complexity index is 575. The van der Waals surface area contributed by atoms with Crippen molar-refractivity contribution in [3.63, 3.8) is 0 Å². The summed E-state index contributed by atoms with van der Waals surface area (Å²) in [5.74, 6) is 1.07. The molecule has 1 rings (SSSR count). The van der Waals surface area contributed by atoms with Gasteiger partial charge in [0.25, 0.3) is 0 Å². The molecule has 0 heterocycles. The summed E-state index contributed by atoms with van der Waals surface area (Å²) in [5, 5.41) is 9.63. The Morgan fingerprint density at radius 1 is 1.22 bits per heavy atom. The summed E-state index contributed by atoms with van der Waals surface area (Å²) in [6.07, 6.45) is 0.726. The van der Waals surface area contributed by atoms with Crippen LogP contribution in [-0.4, -0.2) is 57.9 Å². The number of guanidine groups is 1. The van der Waals surface area contributed by atoms with Gasteiger partial charge in [-0.2, -0.15) is 0 Å². The molecular weight excluding hydrogens is 483 g/mol. The van der Waals surface area contributed by atoms with Crippen molar-refractivity contribution in [2.45, 2.75) is 26.4 Å². The molecule has 27 heavy (non-hydrogen) atoms. The van der Waals surface area contributed by atoms with Gasteiger partial charge in [-0.15, -0.1) is 24.0 Å². The average Bonchev–Trinajstić information content (AvgIpc) is 2.64. The SMILES string of the molecule is CCNC(=NCC(=O)NCCOC)NCC(CC)Oc1ccccc1Cl.I. The van der Waals surface area contributed by atoms with E-state index in [1.165, 1.54) is 0 Å². The van der Waals surface area contributed by atoms with Crippen molar-refractivity contribution < 1.29 is 14.3 Å². The maximum absolute atomic E-state index is 11.7. The summed E-state index contributed by atoms with van der Waals surface area (Å²) >= 11 is 6.14. The fourth-order valence-corrected chi connectivity index (χ4v) is 2.22. The van der Waals surface area contributed by atoms with Gasteiger partial charge in [0.05, 0.1) is 18.2 Å². The van der Waals surface area contributed by atoms with Crippen LogP contribution in [0.15, 0.2) is 29.3 Å². The summed E-state index contributed by atoms with van der Waals surface area (Å²) in [7, 11) is 1.59. The first-order chi connectivity index (χ1) is 12.6. The zero-order valence-electron chi connectivity index (χ0n) is 16.1. The molecule has 7 nitrogen and oxygen atoms in total. The molecule has 0 aliphatic carbocycles. The molecule has 1 atom stereocenters. The second kappa shape index (κ2) is 15.8. The molecule has 0 spiro atoms. The van der Waals surface area contributed by atoms with Crippen LogP contribution in [0.5, 0.6) is 5.75 Å². The van der Waals surface area contributed by atoms with Crippen molar-refractivity contribution in [2.75, 3.05) is 39.9 Å². The van der Waals surface area contributed by atoms with Gasteiger partial charge in [0.15, 0.2) is 5.96 Å². The normalized spacial score (nSPS) is 11.9. The number of carbonyl (C=O) groups is 1. The van der Waals surface area contributed by atoms with Crippen LogP contribution in [0.2, 0.25) is 5.02 Å². The van der Waals surface area contributed by atoms with Crippen LogP contribution in [0.25, 0.3) is 0 Å². The molecule has 3 N–H and O–H groups in total. The van der Waals surface area contributed by atoms with E-state index in [9.17, 15) is 4.79 Å². The minimum absolute atomic E-state index is 0. The predicted octanol–water partition coefficient (Wildman–Crippen LogP) is 2.43. The van der Waals surface area contributed by atoms with Crippen molar-refractivity contribution in [3.8, 4) is 5.75 Å². The van der Waals surface area contributed by atoms with Crippen molar-refractivity contribution in [1.82, 2.24) is 16.0 Å². The van der Waals surface area contributed by atoms with Crippen molar-refractivity contribution in [1.29, 1.82) is 0 Å². The smallest absolute Gasteiger partial charge is 0.241 e. The number of amides is 1. The third-order valence-corrected chi connectivity index (χ3v) is 3.75. The van der Waals surface area contributed by atoms with E-state index in [2.05, 4.69) is 20.9 Å². The largest absolute Gasteiger partial charge is 0.487 e. The highest BCUT2D eigenvalue weighted by molar-refractivity contribution is 14.0. The topological polar surface area (TPSA) is 84.0 Å². The molecule has 1 aromatic rings.